The van der Waals surface area contributed by atoms with Gasteiger partial charge in [-0.05, 0) is 0 Å². The minimum Gasteiger partial charge on any atom is -0.450 e. The van der Waals surface area contributed by atoms with Gasteiger partial charge in [0, 0.05) is 0 Å². The van der Waals surface area contributed by atoms with Crippen molar-refractivity contribution in [1.29, 1.82) is 0 Å². The van der Waals surface area contributed by atoms with Crippen molar-refractivity contribution in [2.75, 3.05) is 0 Å². The SMILES string of the molecule is C=CC=C.O=C(O)O. The fraction of sp³-hybridized carbons (Fsp3) is 0. The third-order valence-electron chi connectivity index (χ3n) is 0.167. The third kappa shape index (κ3) is 1070. The minimum absolute atomic E-state index is 1.64. The van der Waals surface area contributed by atoms with E-state index in [1.165, 1.54) is 0 Å². The van der Waals surface area contributed by atoms with Crippen LogP contribution < -0.4 is 0 Å². The largest absolute Gasteiger partial charge is 0.503 e. The van der Waals surface area contributed by atoms with Crippen molar-refractivity contribution in [3.63, 3.8) is 0 Å². The van der Waals surface area contributed by atoms with Crippen LogP contribution in [0, 0.1) is 0 Å². The van der Waals surface area contributed by atoms with Gasteiger partial charge in [-0.2, -0.15) is 0 Å². The number of allylic oxidation sites excluding steroid dienone is 2. The van der Waals surface area contributed by atoms with E-state index in [1.54, 1.807) is 12.2 Å². The fourth-order valence-corrected chi connectivity index (χ4v) is 0. The molecule has 0 fully saturated rings. The first-order chi connectivity index (χ1) is 3.65. The van der Waals surface area contributed by atoms with Crippen LogP contribution >= 0.6 is 0 Å². The Balaban J connectivity index is 0. The van der Waals surface area contributed by atoms with Gasteiger partial charge in [-0.1, -0.05) is 25.3 Å². The molecule has 0 rings (SSSR count). The quantitative estimate of drug-likeness (QED) is 0.511. The molecular weight excluding hydrogens is 108 g/mol. The summed E-state index contributed by atoms with van der Waals surface area (Å²) in [6.07, 6.45) is 1.44. The average Bonchev–Trinajstić information content (AvgIpc) is 1.65. The molecule has 2 N–H and O–H groups in total. The second-order valence-corrected chi connectivity index (χ2v) is 0.754. The molecule has 3 nitrogen and oxygen atoms in total. The smallest absolute Gasteiger partial charge is 0.450 e. The van der Waals surface area contributed by atoms with Crippen LogP contribution in [0.5, 0.6) is 0 Å². The lowest BCUT2D eigenvalue weighted by atomic mass is 10.6. The third-order valence-corrected chi connectivity index (χ3v) is 0.167. The van der Waals surface area contributed by atoms with E-state index in [4.69, 9.17) is 15.0 Å². The van der Waals surface area contributed by atoms with Crippen LogP contribution in [0.4, 0.5) is 4.79 Å². The molecule has 8 heavy (non-hydrogen) atoms. The highest BCUT2D eigenvalue weighted by molar-refractivity contribution is 5.53. The Labute approximate surface area is 47.6 Å². The number of rotatable bonds is 1. The molecule has 0 saturated carbocycles. The Bertz CT molecular complexity index is 75.7. The molecule has 0 radical (unpaired) electrons. The summed E-state index contributed by atoms with van der Waals surface area (Å²) in [6.45, 7) is 6.72. The van der Waals surface area contributed by atoms with Crippen LogP contribution in [0.3, 0.4) is 0 Å². The summed E-state index contributed by atoms with van der Waals surface area (Å²) in [4.78, 5) is 8.56. The summed E-state index contributed by atoms with van der Waals surface area (Å²) in [7, 11) is 0. The van der Waals surface area contributed by atoms with Crippen molar-refractivity contribution in [2.45, 2.75) is 0 Å². The highest BCUT2D eigenvalue weighted by atomic mass is 16.6. The first kappa shape index (κ1) is 9.89. The van der Waals surface area contributed by atoms with E-state index in [1.807, 2.05) is 0 Å². The molecule has 0 aliphatic heterocycles. The lowest BCUT2D eigenvalue weighted by Crippen LogP contribution is -1.81. The molecule has 0 aromatic rings. The van der Waals surface area contributed by atoms with E-state index in [0.29, 0.717) is 0 Å². The molecule has 0 saturated heterocycles. The van der Waals surface area contributed by atoms with Gasteiger partial charge in [-0.15, -0.1) is 0 Å². The van der Waals surface area contributed by atoms with Gasteiger partial charge in [0.25, 0.3) is 0 Å². The van der Waals surface area contributed by atoms with Gasteiger partial charge in [0.1, 0.15) is 0 Å². The first-order valence-electron chi connectivity index (χ1n) is 1.80. The maximum atomic E-state index is 8.56. The van der Waals surface area contributed by atoms with Crippen LogP contribution in [0.2, 0.25) is 0 Å². The summed E-state index contributed by atoms with van der Waals surface area (Å²) in [5.41, 5.74) is 0. The van der Waals surface area contributed by atoms with Gasteiger partial charge in [-0.3, -0.25) is 0 Å². The summed E-state index contributed by atoms with van der Waals surface area (Å²) >= 11 is 0. The average molecular weight is 116 g/mol. The van der Waals surface area contributed by atoms with Gasteiger partial charge < -0.3 is 10.2 Å². The summed E-state index contributed by atoms with van der Waals surface area (Å²) in [5, 5.41) is 13.9. The van der Waals surface area contributed by atoms with Gasteiger partial charge in [0.15, 0.2) is 0 Å². The first-order valence-corrected chi connectivity index (χ1v) is 1.80. The van der Waals surface area contributed by atoms with Crippen molar-refractivity contribution >= 4 is 6.16 Å². The Morgan fingerprint density at radius 1 is 1.25 bits per heavy atom. The van der Waals surface area contributed by atoms with Gasteiger partial charge in [-0.25, -0.2) is 4.79 Å². The lowest BCUT2D eigenvalue weighted by Gasteiger charge is -1.60. The zero-order valence-electron chi connectivity index (χ0n) is 4.37. The van der Waals surface area contributed by atoms with E-state index >= 15 is 0 Å². The molecule has 0 aromatic heterocycles. The van der Waals surface area contributed by atoms with Crippen molar-refractivity contribution in [3.05, 3.63) is 25.3 Å². The Kier molecular flexibility index (Phi) is 11.4. The molecule has 46 valence electrons. The van der Waals surface area contributed by atoms with Crippen molar-refractivity contribution in [3.8, 4) is 0 Å². The minimum atomic E-state index is -1.83. The van der Waals surface area contributed by atoms with Crippen LogP contribution in [0.1, 0.15) is 0 Å². The fourth-order valence-electron chi connectivity index (χ4n) is 0. The molecular formula is C5H8O3. The number of hydrogen-bond acceptors (Lipinski definition) is 1. The van der Waals surface area contributed by atoms with Crippen LogP contribution in [0.15, 0.2) is 25.3 Å². The molecule has 0 bridgehead atoms. The number of carboxylic acid groups (broad SMARTS) is 2. The monoisotopic (exact) mass is 116 g/mol. The Morgan fingerprint density at radius 2 is 1.38 bits per heavy atom. The number of hydrogen-bond donors (Lipinski definition) is 2. The summed E-state index contributed by atoms with van der Waals surface area (Å²) in [5.74, 6) is 0. The zero-order chi connectivity index (χ0) is 6.99. The van der Waals surface area contributed by atoms with E-state index in [2.05, 4.69) is 13.2 Å². The molecule has 0 aromatic carbocycles. The Morgan fingerprint density at radius 3 is 1.38 bits per heavy atom. The highest BCUT2D eigenvalue weighted by Crippen LogP contribution is 1.52. The molecule has 3 heteroatoms. The van der Waals surface area contributed by atoms with E-state index in [-0.39, 0.29) is 0 Å². The molecule has 0 unspecified atom stereocenters. The summed E-state index contributed by atoms with van der Waals surface area (Å²) < 4.78 is 0. The van der Waals surface area contributed by atoms with Gasteiger partial charge in [0.05, 0.1) is 0 Å². The molecule has 0 aliphatic carbocycles. The molecule has 0 amide bonds. The molecule has 0 spiro atoms. The molecule has 0 atom stereocenters. The standard InChI is InChI=1S/C4H6.CH2O3/c1-3-4-2;2-1(3)4/h3-4H,1-2H2;(H2,2,3,4). The van der Waals surface area contributed by atoms with E-state index < -0.39 is 6.16 Å². The van der Waals surface area contributed by atoms with Gasteiger partial charge >= 0.3 is 6.16 Å². The normalized spacial score (nSPS) is 5.50. The predicted molar refractivity (Wildman–Crippen MR) is 31.0 cm³/mol. The second-order valence-electron chi connectivity index (χ2n) is 0.754. The molecule has 0 aliphatic rings. The molecule has 0 heterocycles. The topological polar surface area (TPSA) is 57.5 Å². The lowest BCUT2D eigenvalue weighted by molar-refractivity contribution is 0.137. The summed E-state index contributed by atoms with van der Waals surface area (Å²) in [6, 6.07) is 0. The maximum Gasteiger partial charge on any atom is 0.503 e. The van der Waals surface area contributed by atoms with Crippen LogP contribution in [-0.4, -0.2) is 16.4 Å². The van der Waals surface area contributed by atoms with E-state index in [0.717, 1.165) is 0 Å². The van der Waals surface area contributed by atoms with Gasteiger partial charge in [0.2, 0.25) is 0 Å². The highest BCUT2D eigenvalue weighted by Gasteiger charge is 1.70. The van der Waals surface area contributed by atoms with Crippen molar-refractivity contribution in [2.24, 2.45) is 0 Å². The van der Waals surface area contributed by atoms with Crippen molar-refractivity contribution in [1.82, 2.24) is 0 Å². The maximum absolute atomic E-state index is 8.56. The second kappa shape index (κ2) is 9.23. The predicted octanol–water partition coefficient (Wildman–Crippen LogP) is 1.58. The van der Waals surface area contributed by atoms with Crippen molar-refractivity contribution < 1.29 is 15.0 Å². The zero-order valence-corrected chi connectivity index (χ0v) is 4.37. The number of carbonyl (C=O) groups is 1. The van der Waals surface area contributed by atoms with Crippen LogP contribution in [0.25, 0.3) is 0 Å². The Hall–Kier alpha value is -1.25. The van der Waals surface area contributed by atoms with Crippen LogP contribution in [-0.2, 0) is 0 Å². The van der Waals surface area contributed by atoms with E-state index in [9.17, 15) is 0 Å².